The highest BCUT2D eigenvalue weighted by Crippen LogP contribution is 2.29. The number of hydrogen-bond acceptors (Lipinski definition) is 3. The van der Waals surface area contributed by atoms with Crippen molar-refractivity contribution in [2.24, 2.45) is 0 Å². The van der Waals surface area contributed by atoms with Crippen molar-refractivity contribution in [3.63, 3.8) is 0 Å². The molecule has 0 aromatic carbocycles. The Morgan fingerprint density at radius 3 is 2.93 bits per heavy atom. The first-order valence-electron chi connectivity index (χ1n) is 4.63. The molecule has 0 bridgehead atoms. The molecule has 0 spiro atoms. The van der Waals surface area contributed by atoms with Gasteiger partial charge in [0, 0.05) is 12.6 Å². The van der Waals surface area contributed by atoms with Gasteiger partial charge >= 0.3 is 0 Å². The fourth-order valence-corrected chi connectivity index (χ4v) is 2.12. The topological polar surface area (TPSA) is 29.0 Å². The minimum atomic E-state index is 0.253. The number of hydrogen-bond donors (Lipinski definition) is 0. The van der Waals surface area contributed by atoms with Crippen LogP contribution in [0.1, 0.15) is 19.8 Å². The quantitative estimate of drug-likeness (QED) is 0.697. The van der Waals surface area contributed by atoms with E-state index in [0.29, 0.717) is 11.1 Å². The minimum Gasteiger partial charge on any atom is -0.353 e. The fraction of sp³-hybridized carbons (Fsp3) is 0.556. The van der Waals surface area contributed by atoms with Crippen LogP contribution in [-0.2, 0) is 0 Å². The molecule has 1 saturated heterocycles. The monoisotopic (exact) mass is 231 g/mol. The molecule has 5 heteroatoms. The number of halogens is 2. The summed E-state index contributed by atoms with van der Waals surface area (Å²) in [5, 5.41) is 0.826. The van der Waals surface area contributed by atoms with Gasteiger partial charge in [-0.05, 0) is 31.4 Å². The van der Waals surface area contributed by atoms with Gasteiger partial charge in [-0.3, -0.25) is 0 Å². The average Bonchev–Trinajstić information content (AvgIpc) is 2.56. The van der Waals surface area contributed by atoms with Crippen molar-refractivity contribution in [3.8, 4) is 0 Å². The van der Waals surface area contributed by atoms with Crippen molar-refractivity contribution in [2.75, 3.05) is 11.4 Å². The lowest BCUT2D eigenvalue weighted by Gasteiger charge is -2.23. The van der Waals surface area contributed by atoms with Crippen molar-refractivity contribution < 1.29 is 0 Å². The lowest BCUT2D eigenvalue weighted by molar-refractivity contribution is 0.726. The van der Waals surface area contributed by atoms with Gasteiger partial charge in [-0.25, -0.2) is 4.98 Å². The summed E-state index contributed by atoms with van der Waals surface area (Å²) in [6.07, 6.45) is 3.91. The average molecular weight is 232 g/mol. The molecule has 3 nitrogen and oxygen atoms in total. The van der Waals surface area contributed by atoms with Gasteiger partial charge in [0.25, 0.3) is 0 Å². The van der Waals surface area contributed by atoms with Crippen LogP contribution in [0.4, 0.5) is 5.82 Å². The van der Waals surface area contributed by atoms with E-state index >= 15 is 0 Å². The Bertz CT molecular complexity index is 343. The van der Waals surface area contributed by atoms with Gasteiger partial charge in [-0.2, -0.15) is 4.98 Å². The Morgan fingerprint density at radius 2 is 2.29 bits per heavy atom. The van der Waals surface area contributed by atoms with Gasteiger partial charge in [-0.1, -0.05) is 11.6 Å². The molecule has 0 N–H and O–H groups in total. The molecule has 1 aliphatic heterocycles. The Balaban J connectivity index is 2.34. The van der Waals surface area contributed by atoms with Gasteiger partial charge in [0.2, 0.25) is 5.28 Å². The van der Waals surface area contributed by atoms with E-state index in [-0.39, 0.29) is 5.28 Å². The zero-order chi connectivity index (χ0) is 10.1. The fourth-order valence-electron chi connectivity index (χ4n) is 1.79. The molecule has 1 unspecified atom stereocenters. The Labute approximate surface area is 93.1 Å². The molecule has 1 aromatic rings. The molecule has 1 aliphatic rings. The van der Waals surface area contributed by atoms with Crippen LogP contribution in [0.3, 0.4) is 0 Å². The largest absolute Gasteiger partial charge is 0.353 e. The normalized spacial score (nSPS) is 21.6. The van der Waals surface area contributed by atoms with Crippen LogP contribution >= 0.6 is 23.2 Å². The van der Waals surface area contributed by atoms with E-state index in [1.165, 1.54) is 12.8 Å². The molecule has 0 amide bonds. The summed E-state index contributed by atoms with van der Waals surface area (Å²) in [6.45, 7) is 3.16. The second kappa shape index (κ2) is 3.91. The molecule has 0 radical (unpaired) electrons. The molecule has 0 saturated carbocycles. The van der Waals surface area contributed by atoms with E-state index in [2.05, 4.69) is 21.8 Å². The highest BCUT2D eigenvalue weighted by molar-refractivity contribution is 6.33. The summed E-state index contributed by atoms with van der Waals surface area (Å²) in [6, 6.07) is 0.485. The predicted molar refractivity (Wildman–Crippen MR) is 58.1 cm³/mol. The van der Waals surface area contributed by atoms with Crippen molar-refractivity contribution in [2.45, 2.75) is 25.8 Å². The van der Waals surface area contributed by atoms with E-state index in [4.69, 9.17) is 23.2 Å². The summed E-state index contributed by atoms with van der Waals surface area (Å²) < 4.78 is 0. The third-order valence-electron chi connectivity index (χ3n) is 2.52. The van der Waals surface area contributed by atoms with Crippen molar-refractivity contribution in [3.05, 3.63) is 16.5 Å². The number of nitrogens with zero attached hydrogens (tertiary/aromatic N) is 3. The van der Waals surface area contributed by atoms with Crippen LogP contribution < -0.4 is 4.90 Å². The predicted octanol–water partition coefficient (Wildman–Crippen LogP) is 2.77. The van der Waals surface area contributed by atoms with E-state index < -0.39 is 0 Å². The Kier molecular flexibility index (Phi) is 2.79. The van der Waals surface area contributed by atoms with Crippen LogP contribution in [0.25, 0.3) is 0 Å². The Hall–Kier alpha value is -0.540. The van der Waals surface area contributed by atoms with Gasteiger partial charge in [0.1, 0.15) is 5.02 Å². The van der Waals surface area contributed by atoms with Gasteiger partial charge in [-0.15, -0.1) is 0 Å². The van der Waals surface area contributed by atoms with Gasteiger partial charge in [0.05, 0.1) is 6.20 Å². The summed E-state index contributed by atoms with van der Waals surface area (Å²) in [4.78, 5) is 10.2. The third kappa shape index (κ3) is 1.79. The second-order valence-electron chi connectivity index (χ2n) is 3.50. The van der Waals surface area contributed by atoms with Crippen molar-refractivity contribution in [1.29, 1.82) is 0 Å². The standard InChI is InChI=1S/C9H11Cl2N3/c1-6-3-2-4-14(6)8-7(10)5-12-9(11)13-8/h5-6H,2-4H2,1H3. The molecular formula is C9H11Cl2N3. The summed E-state index contributed by atoms with van der Waals surface area (Å²) >= 11 is 11.8. The number of anilines is 1. The maximum atomic E-state index is 6.02. The first kappa shape index (κ1) is 9.99. The zero-order valence-corrected chi connectivity index (χ0v) is 9.39. The Morgan fingerprint density at radius 1 is 1.50 bits per heavy atom. The zero-order valence-electron chi connectivity index (χ0n) is 7.87. The number of rotatable bonds is 1. The van der Waals surface area contributed by atoms with Crippen molar-refractivity contribution >= 4 is 29.0 Å². The lowest BCUT2D eigenvalue weighted by atomic mass is 10.2. The van der Waals surface area contributed by atoms with Crippen LogP contribution in [0.2, 0.25) is 10.3 Å². The summed E-state index contributed by atoms with van der Waals surface area (Å²) in [7, 11) is 0. The van der Waals surface area contributed by atoms with Crippen molar-refractivity contribution in [1.82, 2.24) is 9.97 Å². The molecule has 1 fully saturated rings. The van der Waals surface area contributed by atoms with E-state index in [0.717, 1.165) is 12.4 Å². The summed E-state index contributed by atoms with van der Waals surface area (Å²) in [5.41, 5.74) is 0. The van der Waals surface area contributed by atoms with E-state index in [1.54, 1.807) is 6.20 Å². The van der Waals surface area contributed by atoms with Crippen LogP contribution in [-0.4, -0.2) is 22.6 Å². The van der Waals surface area contributed by atoms with Gasteiger partial charge < -0.3 is 4.90 Å². The highest BCUT2D eigenvalue weighted by atomic mass is 35.5. The molecule has 0 aliphatic carbocycles. The molecule has 14 heavy (non-hydrogen) atoms. The maximum Gasteiger partial charge on any atom is 0.224 e. The maximum absolute atomic E-state index is 6.02. The molecular weight excluding hydrogens is 221 g/mol. The number of aromatic nitrogens is 2. The second-order valence-corrected chi connectivity index (χ2v) is 4.24. The van der Waals surface area contributed by atoms with Gasteiger partial charge in [0.15, 0.2) is 5.82 Å². The first-order valence-corrected chi connectivity index (χ1v) is 5.39. The minimum absolute atomic E-state index is 0.253. The smallest absolute Gasteiger partial charge is 0.224 e. The lowest BCUT2D eigenvalue weighted by Crippen LogP contribution is -2.27. The highest BCUT2D eigenvalue weighted by Gasteiger charge is 2.23. The van der Waals surface area contributed by atoms with Crippen LogP contribution in [0.15, 0.2) is 6.20 Å². The third-order valence-corrected chi connectivity index (χ3v) is 2.97. The molecule has 1 atom stereocenters. The van der Waals surface area contributed by atoms with E-state index in [9.17, 15) is 0 Å². The summed E-state index contributed by atoms with van der Waals surface area (Å²) in [5.74, 6) is 0.761. The first-order chi connectivity index (χ1) is 6.68. The molecule has 2 rings (SSSR count). The van der Waals surface area contributed by atoms with Crippen LogP contribution in [0, 0.1) is 0 Å². The molecule has 1 aromatic heterocycles. The van der Waals surface area contributed by atoms with E-state index in [1.807, 2.05) is 0 Å². The molecule has 2 heterocycles. The van der Waals surface area contributed by atoms with Crippen LogP contribution in [0.5, 0.6) is 0 Å². The molecule has 76 valence electrons. The SMILES string of the molecule is CC1CCCN1c1nc(Cl)ncc1Cl.